The summed E-state index contributed by atoms with van der Waals surface area (Å²) in [6.45, 7) is 0.875. The number of fused-ring (bicyclic) bond motifs is 1. The van der Waals surface area contributed by atoms with Gasteiger partial charge in [0, 0.05) is 13.1 Å². The van der Waals surface area contributed by atoms with Crippen LogP contribution in [0.1, 0.15) is 29.6 Å². The fourth-order valence-corrected chi connectivity index (χ4v) is 4.97. The van der Waals surface area contributed by atoms with Gasteiger partial charge >= 0.3 is 5.97 Å². The van der Waals surface area contributed by atoms with E-state index in [0.29, 0.717) is 24.9 Å². The Morgan fingerprint density at radius 1 is 1.24 bits per heavy atom. The molecule has 3 rings (SSSR count). The Bertz CT molecular complexity index is 676. The predicted molar refractivity (Wildman–Crippen MR) is 72.9 cm³/mol. The van der Waals surface area contributed by atoms with Crippen LogP contribution in [0.2, 0.25) is 0 Å². The summed E-state index contributed by atoms with van der Waals surface area (Å²) in [5, 5.41) is 8.80. The second kappa shape index (κ2) is 5.06. The maximum Gasteiger partial charge on any atom is 0.335 e. The molecule has 1 saturated carbocycles. The molecule has 1 aliphatic carbocycles. The Kier molecular flexibility index (Phi) is 3.49. The first-order chi connectivity index (χ1) is 9.89. The molecule has 114 valence electrons. The van der Waals surface area contributed by atoms with Gasteiger partial charge in [-0.1, -0.05) is 6.42 Å². The molecule has 1 aromatic carbocycles. The van der Waals surface area contributed by atoms with Crippen LogP contribution in [0.25, 0.3) is 0 Å². The van der Waals surface area contributed by atoms with Gasteiger partial charge in [-0.3, -0.25) is 0 Å². The Labute approximate surface area is 122 Å². The van der Waals surface area contributed by atoms with Crippen LogP contribution >= 0.6 is 0 Å². The van der Waals surface area contributed by atoms with Gasteiger partial charge in [-0.15, -0.1) is 0 Å². The van der Waals surface area contributed by atoms with E-state index in [1.165, 1.54) is 4.31 Å². The van der Waals surface area contributed by atoms with Gasteiger partial charge in [0.1, 0.15) is 10.7 Å². The first kappa shape index (κ1) is 14.5. The third-order valence-electron chi connectivity index (χ3n) is 4.49. The lowest BCUT2D eigenvalue weighted by Gasteiger charge is -2.17. The zero-order chi connectivity index (χ0) is 15.2. The fourth-order valence-electron chi connectivity index (χ4n) is 3.37. The monoisotopic (exact) mass is 313 g/mol. The van der Waals surface area contributed by atoms with Crippen LogP contribution in [0.4, 0.5) is 4.39 Å². The van der Waals surface area contributed by atoms with E-state index in [1.54, 1.807) is 0 Å². The van der Waals surface area contributed by atoms with E-state index < -0.39 is 26.7 Å². The van der Waals surface area contributed by atoms with Crippen molar-refractivity contribution in [2.75, 3.05) is 13.1 Å². The van der Waals surface area contributed by atoms with Crippen molar-refractivity contribution in [3.8, 4) is 0 Å². The Morgan fingerprint density at radius 2 is 1.86 bits per heavy atom. The predicted octanol–water partition coefficient (Wildman–Crippen LogP) is 1.94. The highest BCUT2D eigenvalue weighted by atomic mass is 32.2. The Balaban J connectivity index is 1.90. The molecule has 0 bridgehead atoms. The second-order valence-corrected chi connectivity index (χ2v) is 7.63. The summed E-state index contributed by atoms with van der Waals surface area (Å²) in [6, 6.07) is 2.92. The number of nitrogens with zero attached hydrogens (tertiary/aromatic N) is 1. The molecule has 2 fully saturated rings. The summed E-state index contributed by atoms with van der Waals surface area (Å²) in [5.74, 6) is -1.54. The molecule has 0 unspecified atom stereocenters. The highest BCUT2D eigenvalue weighted by Gasteiger charge is 2.42. The first-order valence-corrected chi connectivity index (χ1v) is 8.36. The van der Waals surface area contributed by atoms with Crippen molar-refractivity contribution in [2.24, 2.45) is 11.8 Å². The highest BCUT2D eigenvalue weighted by Crippen LogP contribution is 2.40. The van der Waals surface area contributed by atoms with Crippen LogP contribution < -0.4 is 0 Å². The maximum atomic E-state index is 14.0. The lowest BCUT2D eigenvalue weighted by Crippen LogP contribution is -2.30. The van der Waals surface area contributed by atoms with Crippen LogP contribution in [0.3, 0.4) is 0 Å². The number of carbonyl (C=O) groups is 1. The molecular weight excluding hydrogens is 297 g/mol. The highest BCUT2D eigenvalue weighted by molar-refractivity contribution is 7.89. The van der Waals surface area contributed by atoms with Gasteiger partial charge in [0.25, 0.3) is 0 Å². The summed E-state index contributed by atoms with van der Waals surface area (Å²) >= 11 is 0. The third-order valence-corrected chi connectivity index (χ3v) is 6.35. The lowest BCUT2D eigenvalue weighted by atomic mass is 10.0. The van der Waals surface area contributed by atoms with E-state index in [1.807, 2.05) is 0 Å². The number of halogens is 1. The fraction of sp³-hybridized carbons (Fsp3) is 0.500. The van der Waals surface area contributed by atoms with Crippen LogP contribution in [-0.4, -0.2) is 36.9 Å². The first-order valence-electron chi connectivity index (χ1n) is 6.92. The minimum atomic E-state index is -3.89. The van der Waals surface area contributed by atoms with Gasteiger partial charge in [-0.05, 0) is 42.9 Å². The van der Waals surface area contributed by atoms with Crippen molar-refractivity contribution < 1.29 is 22.7 Å². The average Bonchev–Trinajstić information content (AvgIpc) is 2.98. The number of benzene rings is 1. The smallest absolute Gasteiger partial charge is 0.335 e. The molecular formula is C14H16FNO4S. The molecule has 5 nitrogen and oxygen atoms in total. The second-order valence-electron chi connectivity index (χ2n) is 5.72. The number of rotatable bonds is 3. The van der Waals surface area contributed by atoms with Crippen molar-refractivity contribution in [2.45, 2.75) is 24.2 Å². The molecule has 0 radical (unpaired) electrons. The molecule has 1 saturated heterocycles. The van der Waals surface area contributed by atoms with E-state index in [9.17, 15) is 17.6 Å². The summed E-state index contributed by atoms with van der Waals surface area (Å²) < 4.78 is 40.3. The van der Waals surface area contributed by atoms with Crippen LogP contribution in [-0.2, 0) is 10.0 Å². The minimum Gasteiger partial charge on any atom is -0.478 e. The molecule has 0 aromatic heterocycles. The molecule has 1 heterocycles. The number of hydrogen-bond donors (Lipinski definition) is 1. The maximum absolute atomic E-state index is 14.0. The van der Waals surface area contributed by atoms with Crippen LogP contribution in [0, 0.1) is 17.7 Å². The third kappa shape index (κ3) is 2.44. The van der Waals surface area contributed by atoms with E-state index in [4.69, 9.17) is 5.11 Å². The van der Waals surface area contributed by atoms with Gasteiger partial charge in [0.15, 0.2) is 0 Å². The van der Waals surface area contributed by atoms with Crippen LogP contribution in [0.15, 0.2) is 23.1 Å². The molecule has 2 atom stereocenters. The van der Waals surface area contributed by atoms with Crippen LogP contribution in [0.5, 0.6) is 0 Å². The van der Waals surface area contributed by atoms with Gasteiger partial charge in [-0.25, -0.2) is 17.6 Å². The van der Waals surface area contributed by atoms with Gasteiger partial charge < -0.3 is 5.11 Å². The summed E-state index contributed by atoms with van der Waals surface area (Å²) in [6.07, 6.45) is 3.18. The zero-order valence-corrected chi connectivity index (χ0v) is 12.1. The molecule has 2 aliphatic rings. The van der Waals surface area contributed by atoms with Crippen molar-refractivity contribution in [3.63, 3.8) is 0 Å². The molecule has 0 spiro atoms. The number of carboxylic acid groups (broad SMARTS) is 1. The van der Waals surface area contributed by atoms with E-state index in [0.717, 1.165) is 37.5 Å². The molecule has 1 N–H and O–H groups in total. The minimum absolute atomic E-state index is 0.259. The molecule has 7 heteroatoms. The van der Waals surface area contributed by atoms with E-state index >= 15 is 0 Å². The summed E-state index contributed by atoms with van der Waals surface area (Å²) in [4.78, 5) is 10.3. The topological polar surface area (TPSA) is 74.7 Å². The van der Waals surface area contributed by atoms with E-state index in [-0.39, 0.29) is 5.56 Å². The zero-order valence-electron chi connectivity index (χ0n) is 11.3. The van der Waals surface area contributed by atoms with Gasteiger partial charge in [-0.2, -0.15) is 4.31 Å². The number of hydrogen-bond acceptors (Lipinski definition) is 3. The van der Waals surface area contributed by atoms with Crippen molar-refractivity contribution in [3.05, 3.63) is 29.6 Å². The number of aromatic carboxylic acids is 1. The SMILES string of the molecule is O=C(O)c1ccc(S(=O)(=O)N2C[C@H]3CCC[C@@H]3C2)c(F)c1. The molecule has 1 aliphatic heterocycles. The lowest BCUT2D eigenvalue weighted by molar-refractivity contribution is 0.0696. The largest absolute Gasteiger partial charge is 0.478 e. The van der Waals surface area contributed by atoms with Crippen molar-refractivity contribution in [1.29, 1.82) is 0 Å². The Morgan fingerprint density at radius 3 is 2.38 bits per heavy atom. The summed E-state index contributed by atoms with van der Waals surface area (Å²) in [5.41, 5.74) is -0.259. The van der Waals surface area contributed by atoms with Crippen molar-refractivity contribution in [1.82, 2.24) is 4.31 Å². The Hall–Kier alpha value is -1.47. The molecule has 0 amide bonds. The normalized spacial score (nSPS) is 26.0. The van der Waals surface area contributed by atoms with Gasteiger partial charge in [0.2, 0.25) is 10.0 Å². The average molecular weight is 313 g/mol. The summed E-state index contributed by atoms with van der Waals surface area (Å²) in [7, 11) is -3.89. The number of carboxylic acids is 1. The number of sulfonamides is 1. The molecule has 1 aromatic rings. The van der Waals surface area contributed by atoms with Gasteiger partial charge in [0.05, 0.1) is 5.56 Å². The quantitative estimate of drug-likeness (QED) is 0.925. The molecule has 21 heavy (non-hydrogen) atoms. The van der Waals surface area contributed by atoms with Crippen molar-refractivity contribution >= 4 is 16.0 Å². The van der Waals surface area contributed by atoms with E-state index in [2.05, 4.69) is 0 Å². The standard InChI is InChI=1S/C14H16FNO4S/c15-12-6-9(14(17)18)4-5-13(12)21(19,20)16-7-10-2-1-3-11(10)8-16/h4-6,10-11H,1-3,7-8H2,(H,17,18)/t10-,11-/m1/s1.